The molecule has 0 bridgehead atoms. The molecule has 1 unspecified atom stereocenters. The highest BCUT2D eigenvalue weighted by Gasteiger charge is 2.28. The van der Waals surface area contributed by atoms with Gasteiger partial charge in [0.15, 0.2) is 6.10 Å². The van der Waals surface area contributed by atoms with Crippen molar-refractivity contribution in [3.8, 4) is 0 Å². The monoisotopic (exact) mass is 348 g/mol. The Balaban J connectivity index is 2.30. The van der Waals surface area contributed by atoms with Crippen LogP contribution in [0.1, 0.15) is 30.4 Å². The fourth-order valence-corrected chi connectivity index (χ4v) is 2.50. The summed E-state index contributed by atoms with van der Waals surface area (Å²) in [7, 11) is 0. The zero-order valence-electron chi connectivity index (χ0n) is 13.6. The first-order chi connectivity index (χ1) is 11.9. The SMILES string of the molecule is CCOC(=O)C(O)CC(=O)C(c1ccc(F)cc1)c1ccc(F)cc1. The number of carbonyl (C=O) groups is 2. The van der Waals surface area contributed by atoms with E-state index < -0.39 is 41.8 Å². The molecular weight excluding hydrogens is 330 g/mol. The molecule has 0 amide bonds. The number of benzene rings is 2. The van der Waals surface area contributed by atoms with Crippen LogP contribution in [0.3, 0.4) is 0 Å². The lowest BCUT2D eigenvalue weighted by Crippen LogP contribution is -2.28. The van der Waals surface area contributed by atoms with Crippen molar-refractivity contribution in [1.82, 2.24) is 0 Å². The van der Waals surface area contributed by atoms with Gasteiger partial charge in [-0.15, -0.1) is 0 Å². The molecule has 2 aromatic rings. The van der Waals surface area contributed by atoms with Gasteiger partial charge in [-0.1, -0.05) is 24.3 Å². The number of ketones is 1. The lowest BCUT2D eigenvalue weighted by Gasteiger charge is -2.18. The molecule has 132 valence electrons. The van der Waals surface area contributed by atoms with E-state index in [1.54, 1.807) is 6.92 Å². The average Bonchev–Trinajstić information content (AvgIpc) is 2.58. The predicted octanol–water partition coefficient (Wildman–Crippen LogP) is 2.98. The Labute approximate surface area is 144 Å². The molecule has 0 aliphatic rings. The third-order valence-electron chi connectivity index (χ3n) is 3.68. The van der Waals surface area contributed by atoms with E-state index in [9.17, 15) is 23.5 Å². The zero-order chi connectivity index (χ0) is 18.4. The molecule has 0 saturated carbocycles. The summed E-state index contributed by atoms with van der Waals surface area (Å²) in [6, 6.07) is 10.6. The molecule has 0 aliphatic heterocycles. The van der Waals surface area contributed by atoms with Crippen molar-refractivity contribution in [1.29, 1.82) is 0 Å². The van der Waals surface area contributed by atoms with Gasteiger partial charge in [0, 0.05) is 6.42 Å². The standard InChI is InChI=1S/C19H18F2O4/c1-2-25-19(24)17(23)11-16(22)18(12-3-7-14(20)8-4-12)13-5-9-15(21)10-6-13/h3-10,17-18,23H,2,11H2,1H3. The van der Waals surface area contributed by atoms with Gasteiger partial charge in [0.2, 0.25) is 0 Å². The van der Waals surface area contributed by atoms with Crippen LogP contribution in [-0.4, -0.2) is 29.6 Å². The summed E-state index contributed by atoms with van der Waals surface area (Å²) >= 11 is 0. The molecule has 0 radical (unpaired) electrons. The second kappa shape index (κ2) is 8.48. The van der Waals surface area contributed by atoms with Crippen LogP contribution in [-0.2, 0) is 14.3 Å². The molecule has 0 aromatic heterocycles. The molecule has 25 heavy (non-hydrogen) atoms. The molecule has 2 aromatic carbocycles. The van der Waals surface area contributed by atoms with Gasteiger partial charge < -0.3 is 9.84 Å². The minimum atomic E-state index is -1.59. The van der Waals surface area contributed by atoms with E-state index in [-0.39, 0.29) is 6.61 Å². The quantitative estimate of drug-likeness (QED) is 0.782. The molecule has 0 aliphatic carbocycles. The van der Waals surface area contributed by atoms with Crippen LogP contribution in [0.4, 0.5) is 8.78 Å². The lowest BCUT2D eigenvalue weighted by molar-refractivity contribution is -0.154. The number of Topliss-reactive ketones (excluding diaryl/α,β-unsaturated/α-hetero) is 1. The van der Waals surface area contributed by atoms with Gasteiger partial charge >= 0.3 is 5.97 Å². The van der Waals surface area contributed by atoms with Gasteiger partial charge in [0.05, 0.1) is 12.5 Å². The maximum absolute atomic E-state index is 13.2. The molecule has 0 spiro atoms. The van der Waals surface area contributed by atoms with Crippen LogP contribution < -0.4 is 0 Å². The Kier molecular flexibility index (Phi) is 6.36. The Morgan fingerprint density at radius 2 is 1.40 bits per heavy atom. The number of hydrogen-bond donors (Lipinski definition) is 1. The molecule has 1 N–H and O–H groups in total. The van der Waals surface area contributed by atoms with Gasteiger partial charge in [-0.25, -0.2) is 13.6 Å². The van der Waals surface area contributed by atoms with Crippen LogP contribution in [0.25, 0.3) is 0 Å². The van der Waals surface area contributed by atoms with Gasteiger partial charge in [-0.3, -0.25) is 4.79 Å². The van der Waals surface area contributed by atoms with E-state index in [0.29, 0.717) is 11.1 Å². The number of esters is 1. The van der Waals surface area contributed by atoms with E-state index in [2.05, 4.69) is 4.74 Å². The van der Waals surface area contributed by atoms with Gasteiger partial charge in [0.25, 0.3) is 0 Å². The van der Waals surface area contributed by atoms with Crippen molar-refractivity contribution < 1.29 is 28.2 Å². The molecule has 2 rings (SSSR count). The molecule has 0 fully saturated rings. The summed E-state index contributed by atoms with van der Waals surface area (Å²) in [5.74, 6) is -3.11. The topological polar surface area (TPSA) is 63.6 Å². The Morgan fingerprint density at radius 3 is 1.80 bits per heavy atom. The van der Waals surface area contributed by atoms with Crippen molar-refractivity contribution in [2.75, 3.05) is 6.61 Å². The van der Waals surface area contributed by atoms with Crippen molar-refractivity contribution >= 4 is 11.8 Å². The number of rotatable bonds is 7. The van der Waals surface area contributed by atoms with Gasteiger partial charge in [-0.05, 0) is 42.3 Å². The van der Waals surface area contributed by atoms with E-state index in [0.717, 1.165) is 0 Å². The number of ether oxygens (including phenoxy) is 1. The smallest absolute Gasteiger partial charge is 0.335 e. The second-order valence-electron chi connectivity index (χ2n) is 5.47. The number of carbonyl (C=O) groups excluding carboxylic acids is 2. The fraction of sp³-hybridized carbons (Fsp3) is 0.263. The first-order valence-corrected chi connectivity index (χ1v) is 7.80. The molecule has 1 atom stereocenters. The lowest BCUT2D eigenvalue weighted by atomic mass is 9.85. The minimum Gasteiger partial charge on any atom is -0.464 e. The summed E-state index contributed by atoms with van der Waals surface area (Å²) < 4.78 is 31.0. The van der Waals surface area contributed by atoms with Crippen LogP contribution >= 0.6 is 0 Å². The Bertz CT molecular complexity index is 681. The molecule has 6 heteroatoms. The average molecular weight is 348 g/mol. The van der Waals surface area contributed by atoms with Gasteiger partial charge in [-0.2, -0.15) is 0 Å². The summed E-state index contributed by atoms with van der Waals surface area (Å²) in [4.78, 5) is 24.2. The first-order valence-electron chi connectivity index (χ1n) is 7.80. The van der Waals surface area contributed by atoms with Crippen molar-refractivity contribution in [3.63, 3.8) is 0 Å². The molecule has 0 heterocycles. The maximum atomic E-state index is 13.2. The first kappa shape index (κ1) is 18.7. The van der Waals surface area contributed by atoms with E-state index in [1.807, 2.05) is 0 Å². The van der Waals surface area contributed by atoms with Gasteiger partial charge in [0.1, 0.15) is 17.4 Å². The number of halogens is 2. The van der Waals surface area contributed by atoms with Crippen molar-refractivity contribution in [3.05, 3.63) is 71.3 Å². The number of hydrogen-bond acceptors (Lipinski definition) is 4. The summed E-state index contributed by atoms with van der Waals surface area (Å²) in [6.45, 7) is 1.68. The second-order valence-corrected chi connectivity index (χ2v) is 5.47. The number of aliphatic hydroxyl groups excluding tert-OH is 1. The van der Waals surface area contributed by atoms with Crippen molar-refractivity contribution in [2.24, 2.45) is 0 Å². The van der Waals surface area contributed by atoms with Crippen LogP contribution in [0.5, 0.6) is 0 Å². The normalized spacial score (nSPS) is 12.0. The Hall–Kier alpha value is -2.60. The third kappa shape index (κ3) is 4.93. The zero-order valence-corrected chi connectivity index (χ0v) is 13.6. The summed E-state index contributed by atoms with van der Waals surface area (Å²) in [5.41, 5.74) is 0.961. The number of aliphatic hydroxyl groups is 1. The van der Waals surface area contributed by atoms with Crippen molar-refractivity contribution in [2.45, 2.75) is 25.4 Å². The van der Waals surface area contributed by atoms with Crippen LogP contribution in [0.15, 0.2) is 48.5 Å². The molecular formula is C19H18F2O4. The fourth-order valence-electron chi connectivity index (χ4n) is 2.50. The van der Waals surface area contributed by atoms with Crippen LogP contribution in [0, 0.1) is 11.6 Å². The highest BCUT2D eigenvalue weighted by molar-refractivity contribution is 5.92. The predicted molar refractivity (Wildman–Crippen MR) is 86.9 cm³/mol. The summed E-state index contributed by atoms with van der Waals surface area (Å²) in [6.07, 6.45) is -2.05. The highest BCUT2D eigenvalue weighted by atomic mass is 19.1. The van der Waals surface area contributed by atoms with Crippen LogP contribution in [0.2, 0.25) is 0 Å². The van der Waals surface area contributed by atoms with E-state index in [1.165, 1.54) is 48.5 Å². The summed E-state index contributed by atoms with van der Waals surface area (Å²) in [5, 5.41) is 9.83. The maximum Gasteiger partial charge on any atom is 0.335 e. The largest absolute Gasteiger partial charge is 0.464 e. The minimum absolute atomic E-state index is 0.0867. The third-order valence-corrected chi connectivity index (χ3v) is 3.68. The Morgan fingerprint density at radius 1 is 0.960 bits per heavy atom. The van der Waals surface area contributed by atoms with E-state index in [4.69, 9.17) is 0 Å². The highest BCUT2D eigenvalue weighted by Crippen LogP contribution is 2.28. The molecule has 0 saturated heterocycles. The molecule has 4 nitrogen and oxygen atoms in total. The van der Waals surface area contributed by atoms with E-state index >= 15 is 0 Å².